The first-order valence-corrected chi connectivity index (χ1v) is 14.0. The fourth-order valence-electron chi connectivity index (χ4n) is 9.07. The van der Waals surface area contributed by atoms with Gasteiger partial charge in [0.2, 0.25) is 0 Å². The van der Waals surface area contributed by atoms with Crippen LogP contribution in [0.15, 0.2) is 11.6 Å². The van der Waals surface area contributed by atoms with Crippen molar-refractivity contribution < 1.29 is 49.4 Å². The summed E-state index contributed by atoms with van der Waals surface area (Å²) in [5, 5.41) is 51.3. The molecule has 5 rings (SSSR count). The van der Waals surface area contributed by atoms with Gasteiger partial charge < -0.3 is 35.0 Å². The zero-order valence-electron chi connectivity index (χ0n) is 23.2. The largest absolute Gasteiger partial charge is 0.394 e. The molecule has 0 aromatic heterocycles. The molecule has 1 saturated heterocycles. The van der Waals surface area contributed by atoms with E-state index in [2.05, 4.69) is 6.08 Å². The number of fused-ring (bicyclic) bond motifs is 5. The Hall–Kier alpha value is -1.53. The molecule has 1 aliphatic heterocycles. The third kappa shape index (κ3) is 3.97. The van der Waals surface area contributed by atoms with Crippen molar-refractivity contribution in [3.63, 3.8) is 0 Å². The van der Waals surface area contributed by atoms with Gasteiger partial charge in [-0.25, -0.2) is 0 Å². The van der Waals surface area contributed by atoms with Gasteiger partial charge in [-0.2, -0.15) is 0 Å². The molecule has 5 aliphatic rings. The molecule has 10 heteroatoms. The molecular weight excluding hydrogens is 508 g/mol. The minimum absolute atomic E-state index is 0.0129. The Kier molecular flexibility index (Phi) is 7.06. The van der Waals surface area contributed by atoms with Crippen molar-refractivity contribution in [3.05, 3.63) is 11.6 Å². The van der Waals surface area contributed by atoms with Crippen LogP contribution in [0.5, 0.6) is 0 Å². The molecule has 1 heterocycles. The molecule has 0 spiro atoms. The van der Waals surface area contributed by atoms with Crippen LogP contribution in [0.25, 0.3) is 0 Å². The number of ether oxygens (including phenoxy) is 2. The normalized spacial score (nSPS) is 51.0. The predicted molar refractivity (Wildman–Crippen MR) is 136 cm³/mol. The van der Waals surface area contributed by atoms with Crippen molar-refractivity contribution in [2.75, 3.05) is 6.61 Å². The van der Waals surface area contributed by atoms with E-state index in [9.17, 15) is 39.9 Å². The molecule has 39 heavy (non-hydrogen) atoms. The highest BCUT2D eigenvalue weighted by atomic mass is 16.7. The van der Waals surface area contributed by atoms with Crippen LogP contribution in [0.2, 0.25) is 0 Å². The highest BCUT2D eigenvalue weighted by molar-refractivity contribution is 5.95. The maximum atomic E-state index is 14.1. The Morgan fingerprint density at radius 2 is 1.69 bits per heavy atom. The molecule has 3 saturated carbocycles. The van der Waals surface area contributed by atoms with Crippen LogP contribution < -0.4 is 0 Å². The van der Waals surface area contributed by atoms with Gasteiger partial charge in [0.05, 0.1) is 12.7 Å². The molecule has 5 N–H and O–H groups in total. The van der Waals surface area contributed by atoms with E-state index in [0.717, 1.165) is 5.57 Å². The molecule has 0 amide bonds. The van der Waals surface area contributed by atoms with Crippen LogP contribution in [0.1, 0.15) is 60.3 Å². The smallest absolute Gasteiger partial charge is 0.187 e. The number of ketones is 3. The summed E-state index contributed by atoms with van der Waals surface area (Å²) < 4.78 is 11.5. The number of allylic oxidation sites excluding steroid dienone is 2. The lowest BCUT2D eigenvalue weighted by Crippen LogP contribution is -2.63. The fourth-order valence-corrected chi connectivity index (χ4v) is 9.07. The summed E-state index contributed by atoms with van der Waals surface area (Å²) in [7, 11) is 0. The standard InChI is InChI=1S/C29H42O10/c1-12(31)21-17(32)8-15-14-7-6-13-16(29(14,5)20(33)10-28(15,21)4)9-18(25(37)27(13,2)3)38-26-24(36)23(35)22(34)19(11-30)39-26/h6,14-19,21-24,26,30,32,34-36H,7-11H2,1-5H3/t14-,15-,16-,17+,18?,19+,21-,22+,23-,24+,26+,28-,29+/m0/s1. The minimum Gasteiger partial charge on any atom is -0.394 e. The Labute approximate surface area is 228 Å². The maximum Gasteiger partial charge on any atom is 0.187 e. The van der Waals surface area contributed by atoms with E-state index in [1.165, 1.54) is 6.92 Å². The number of aliphatic hydroxyl groups is 5. The van der Waals surface area contributed by atoms with Gasteiger partial charge in [-0.05, 0) is 63.2 Å². The number of hydrogen-bond acceptors (Lipinski definition) is 10. The average Bonchev–Trinajstić information content (AvgIpc) is 3.12. The fraction of sp³-hybridized carbons (Fsp3) is 0.828. The summed E-state index contributed by atoms with van der Waals surface area (Å²) in [6.45, 7) is 8.35. The average molecular weight is 551 g/mol. The third-order valence-corrected chi connectivity index (χ3v) is 11.2. The molecule has 4 aliphatic carbocycles. The maximum absolute atomic E-state index is 14.1. The van der Waals surface area contributed by atoms with Crippen molar-refractivity contribution in [2.24, 2.45) is 39.9 Å². The summed E-state index contributed by atoms with van der Waals surface area (Å²) in [6.07, 6.45) is -5.95. The summed E-state index contributed by atoms with van der Waals surface area (Å²) in [5.74, 6) is -1.46. The van der Waals surface area contributed by atoms with Crippen LogP contribution in [-0.4, -0.2) is 92.4 Å². The van der Waals surface area contributed by atoms with Gasteiger partial charge in [-0.15, -0.1) is 0 Å². The Morgan fingerprint density at radius 1 is 1.03 bits per heavy atom. The van der Waals surface area contributed by atoms with Gasteiger partial charge in [0.15, 0.2) is 12.1 Å². The molecule has 0 aromatic carbocycles. The Bertz CT molecular complexity index is 1080. The molecule has 13 atom stereocenters. The van der Waals surface area contributed by atoms with E-state index in [4.69, 9.17) is 9.47 Å². The second-order valence-corrected chi connectivity index (χ2v) is 13.5. The second kappa shape index (κ2) is 9.51. The SMILES string of the molecule is CC(=O)[C@H]1[C@H](O)C[C@H]2[C@@H]3CC=C4[C@H](CC(O[C@@H]5O[C@H](CO)[C@@H](O)[C@H](O)[C@H]5O)C(=O)C4(C)C)[C@]3(C)C(=O)C[C@@]21C. The zero-order chi connectivity index (χ0) is 28.8. The topological polar surface area (TPSA) is 171 Å². The first-order chi connectivity index (χ1) is 18.1. The minimum atomic E-state index is -1.65. The van der Waals surface area contributed by atoms with Crippen molar-refractivity contribution >= 4 is 17.3 Å². The summed E-state index contributed by atoms with van der Waals surface area (Å²) in [4.78, 5) is 40.4. The van der Waals surface area contributed by atoms with Gasteiger partial charge in [0.25, 0.3) is 0 Å². The molecule has 1 unspecified atom stereocenters. The molecular formula is C29H42O10. The van der Waals surface area contributed by atoms with E-state index in [1.54, 1.807) is 13.8 Å². The van der Waals surface area contributed by atoms with Gasteiger partial charge in [0, 0.05) is 23.2 Å². The van der Waals surface area contributed by atoms with Gasteiger partial charge >= 0.3 is 0 Å². The van der Waals surface area contributed by atoms with Crippen LogP contribution in [0.3, 0.4) is 0 Å². The molecule has 0 bridgehead atoms. The summed E-state index contributed by atoms with van der Waals surface area (Å²) in [5.41, 5.74) is -1.59. The number of hydrogen-bond donors (Lipinski definition) is 5. The molecule has 218 valence electrons. The van der Waals surface area contributed by atoms with Gasteiger partial charge in [-0.3, -0.25) is 14.4 Å². The van der Waals surface area contributed by atoms with Crippen LogP contribution in [-0.2, 0) is 23.9 Å². The second-order valence-electron chi connectivity index (χ2n) is 13.5. The van der Waals surface area contributed by atoms with Crippen molar-refractivity contribution in [2.45, 2.75) is 103 Å². The van der Waals surface area contributed by atoms with Crippen molar-refractivity contribution in [3.8, 4) is 0 Å². The van der Waals surface area contributed by atoms with Crippen LogP contribution in [0, 0.1) is 39.9 Å². The third-order valence-electron chi connectivity index (χ3n) is 11.2. The molecule has 4 fully saturated rings. The lowest BCUT2D eigenvalue weighted by molar-refractivity contribution is -0.311. The van der Waals surface area contributed by atoms with Gasteiger partial charge in [0.1, 0.15) is 42.1 Å². The number of carbonyl (C=O) groups is 3. The van der Waals surface area contributed by atoms with E-state index < -0.39 is 71.7 Å². The quantitative estimate of drug-likeness (QED) is 0.307. The highest BCUT2D eigenvalue weighted by Gasteiger charge is 2.68. The lowest BCUT2D eigenvalue weighted by Gasteiger charge is -2.60. The number of rotatable bonds is 4. The number of carbonyl (C=O) groups excluding carboxylic acids is 3. The molecule has 10 nitrogen and oxygen atoms in total. The first-order valence-electron chi connectivity index (χ1n) is 14.0. The van der Waals surface area contributed by atoms with E-state index in [0.29, 0.717) is 12.8 Å². The number of Topliss-reactive ketones (excluding diaryl/α,β-unsaturated/α-hetero) is 3. The molecule has 0 aromatic rings. The van der Waals surface area contributed by atoms with Crippen molar-refractivity contribution in [1.82, 2.24) is 0 Å². The van der Waals surface area contributed by atoms with Crippen LogP contribution >= 0.6 is 0 Å². The van der Waals surface area contributed by atoms with E-state index in [1.807, 2.05) is 13.8 Å². The van der Waals surface area contributed by atoms with E-state index >= 15 is 0 Å². The van der Waals surface area contributed by atoms with Crippen molar-refractivity contribution in [1.29, 1.82) is 0 Å². The van der Waals surface area contributed by atoms with E-state index in [-0.39, 0.29) is 47.9 Å². The molecule has 0 radical (unpaired) electrons. The highest BCUT2D eigenvalue weighted by Crippen LogP contribution is 2.67. The van der Waals surface area contributed by atoms with Gasteiger partial charge in [-0.1, -0.05) is 25.5 Å². The van der Waals surface area contributed by atoms with Crippen LogP contribution in [0.4, 0.5) is 0 Å². The summed E-state index contributed by atoms with van der Waals surface area (Å²) >= 11 is 0. The summed E-state index contributed by atoms with van der Waals surface area (Å²) in [6, 6.07) is 0. The predicted octanol–water partition coefficient (Wildman–Crippen LogP) is 0.304. The number of aliphatic hydroxyl groups excluding tert-OH is 5. The first kappa shape index (κ1) is 29.0. The zero-order valence-corrected chi connectivity index (χ0v) is 23.2. The Morgan fingerprint density at radius 3 is 2.31 bits per heavy atom. The monoisotopic (exact) mass is 550 g/mol. The lowest BCUT2D eigenvalue weighted by atomic mass is 9.43. The Balaban J connectivity index is 1.48.